The van der Waals surface area contributed by atoms with Crippen LogP contribution in [0.3, 0.4) is 0 Å². The second-order valence-corrected chi connectivity index (χ2v) is 8.32. The van der Waals surface area contributed by atoms with Gasteiger partial charge >= 0.3 is 0 Å². The van der Waals surface area contributed by atoms with Crippen LogP contribution in [0, 0.1) is 11.6 Å². The maximum atomic E-state index is 14.8. The number of guanidine groups is 1. The molecule has 2 heterocycles. The van der Waals surface area contributed by atoms with E-state index >= 15 is 0 Å². The summed E-state index contributed by atoms with van der Waals surface area (Å²) in [5.41, 5.74) is 0.897. The number of hydrogen-bond donors (Lipinski definition) is 2. The molecule has 1 aliphatic heterocycles. The van der Waals surface area contributed by atoms with Crippen molar-refractivity contribution < 1.29 is 17.2 Å². The van der Waals surface area contributed by atoms with Crippen molar-refractivity contribution in [1.82, 2.24) is 14.7 Å². The SMILES string of the molecule is CC(c1ccccc1F)c1c(F)ccc2c1NC(=NCc1ccncn1)NS2(=O)=O. The summed E-state index contributed by atoms with van der Waals surface area (Å²) in [7, 11) is -4.00. The first kappa shape index (κ1) is 19.9. The number of aromatic nitrogens is 2. The molecule has 154 valence electrons. The molecule has 4 rings (SSSR count). The largest absolute Gasteiger partial charge is 0.324 e. The third-order valence-corrected chi connectivity index (χ3v) is 6.15. The van der Waals surface area contributed by atoms with Crippen LogP contribution in [-0.2, 0) is 16.6 Å². The van der Waals surface area contributed by atoms with Gasteiger partial charge < -0.3 is 5.32 Å². The van der Waals surface area contributed by atoms with Gasteiger partial charge in [-0.2, -0.15) is 0 Å². The van der Waals surface area contributed by atoms with Crippen LogP contribution in [-0.4, -0.2) is 24.3 Å². The Balaban J connectivity index is 1.79. The lowest BCUT2D eigenvalue weighted by molar-refractivity contribution is 0.577. The fourth-order valence-corrected chi connectivity index (χ4v) is 4.46. The van der Waals surface area contributed by atoms with Crippen molar-refractivity contribution in [2.75, 3.05) is 5.32 Å². The molecule has 2 N–H and O–H groups in total. The fraction of sp³-hybridized carbons (Fsp3) is 0.150. The number of fused-ring (bicyclic) bond motifs is 1. The number of anilines is 1. The fourth-order valence-electron chi connectivity index (χ4n) is 3.30. The summed E-state index contributed by atoms with van der Waals surface area (Å²) < 4.78 is 56.9. The summed E-state index contributed by atoms with van der Waals surface area (Å²) in [6, 6.07) is 9.86. The summed E-state index contributed by atoms with van der Waals surface area (Å²) in [5.74, 6) is -1.97. The minimum Gasteiger partial charge on any atom is -0.324 e. The molecule has 1 atom stereocenters. The van der Waals surface area contributed by atoms with E-state index in [0.29, 0.717) is 5.69 Å². The molecule has 0 saturated carbocycles. The van der Waals surface area contributed by atoms with E-state index in [1.165, 1.54) is 24.5 Å². The summed E-state index contributed by atoms with van der Waals surface area (Å²) in [5, 5.41) is 2.86. The van der Waals surface area contributed by atoms with E-state index in [9.17, 15) is 17.2 Å². The van der Waals surface area contributed by atoms with Gasteiger partial charge in [0.05, 0.1) is 17.9 Å². The molecule has 1 aromatic heterocycles. The molecule has 0 bridgehead atoms. The summed E-state index contributed by atoms with van der Waals surface area (Å²) >= 11 is 0. The van der Waals surface area contributed by atoms with Gasteiger partial charge in [0.2, 0.25) is 5.96 Å². The van der Waals surface area contributed by atoms with Gasteiger partial charge in [0, 0.05) is 17.7 Å². The number of nitrogens with one attached hydrogen (secondary N) is 2. The van der Waals surface area contributed by atoms with Crippen LogP contribution in [0.15, 0.2) is 64.9 Å². The average molecular weight is 429 g/mol. The monoisotopic (exact) mass is 429 g/mol. The highest BCUT2D eigenvalue weighted by Gasteiger charge is 2.32. The first-order valence-corrected chi connectivity index (χ1v) is 10.5. The van der Waals surface area contributed by atoms with Crippen molar-refractivity contribution in [3.05, 3.63) is 83.4 Å². The van der Waals surface area contributed by atoms with Gasteiger partial charge in [-0.15, -0.1) is 0 Å². The standard InChI is InChI=1S/C20H17F2N5O2S/c1-12(14-4-2-3-5-15(14)21)18-16(22)6-7-17-19(18)26-20(27-30(17,28)29)24-10-13-8-9-23-11-25-13/h2-9,11-12H,10H2,1H3,(H2,24,26,27). The minimum absolute atomic E-state index is 0.0333. The van der Waals surface area contributed by atoms with Crippen LogP contribution in [0.4, 0.5) is 14.5 Å². The molecule has 0 fully saturated rings. The van der Waals surface area contributed by atoms with E-state index in [1.807, 2.05) is 0 Å². The molecule has 0 saturated heterocycles. The number of sulfonamides is 1. The van der Waals surface area contributed by atoms with Crippen molar-refractivity contribution in [2.45, 2.75) is 24.3 Å². The molecule has 0 aliphatic carbocycles. The normalized spacial score (nSPS) is 17.0. The Morgan fingerprint density at radius 3 is 2.63 bits per heavy atom. The van der Waals surface area contributed by atoms with Crippen molar-refractivity contribution in [3.63, 3.8) is 0 Å². The Morgan fingerprint density at radius 1 is 1.10 bits per heavy atom. The van der Waals surface area contributed by atoms with Gasteiger partial charge in [-0.05, 0) is 29.8 Å². The van der Waals surface area contributed by atoms with Crippen LogP contribution in [0.5, 0.6) is 0 Å². The van der Waals surface area contributed by atoms with Crippen molar-refractivity contribution in [3.8, 4) is 0 Å². The lowest BCUT2D eigenvalue weighted by atomic mass is 9.91. The number of halogens is 2. The molecule has 1 aliphatic rings. The Kier molecular flexibility index (Phi) is 5.17. The van der Waals surface area contributed by atoms with Crippen molar-refractivity contribution >= 4 is 21.7 Å². The first-order chi connectivity index (χ1) is 14.4. The van der Waals surface area contributed by atoms with E-state index in [1.54, 1.807) is 31.3 Å². The minimum atomic E-state index is -4.00. The zero-order valence-electron chi connectivity index (χ0n) is 15.8. The third-order valence-electron chi connectivity index (χ3n) is 4.77. The van der Waals surface area contributed by atoms with Crippen LogP contribution < -0.4 is 10.0 Å². The number of rotatable bonds is 4. The summed E-state index contributed by atoms with van der Waals surface area (Å²) in [6.45, 7) is 1.70. The Labute approximate surface area is 172 Å². The molecule has 1 unspecified atom stereocenters. The summed E-state index contributed by atoms with van der Waals surface area (Å²) in [6.07, 6.45) is 2.90. The maximum absolute atomic E-state index is 14.8. The molecule has 0 radical (unpaired) electrons. The predicted molar refractivity (Wildman–Crippen MR) is 107 cm³/mol. The molecular weight excluding hydrogens is 412 g/mol. The Bertz CT molecular complexity index is 1230. The highest BCUT2D eigenvalue weighted by molar-refractivity contribution is 7.90. The highest BCUT2D eigenvalue weighted by Crippen LogP contribution is 2.38. The van der Waals surface area contributed by atoms with Gasteiger partial charge in [0.1, 0.15) is 22.9 Å². The third kappa shape index (κ3) is 3.73. The summed E-state index contributed by atoms with van der Waals surface area (Å²) in [4.78, 5) is 11.9. The number of aliphatic imine (C=N–C) groups is 1. The van der Waals surface area contributed by atoms with Crippen LogP contribution in [0.25, 0.3) is 0 Å². The second-order valence-electron chi connectivity index (χ2n) is 6.67. The molecular formula is C20H17F2N5O2S. The van der Waals surface area contributed by atoms with E-state index in [-0.39, 0.29) is 34.2 Å². The number of hydrogen-bond acceptors (Lipinski definition) is 5. The van der Waals surface area contributed by atoms with Crippen molar-refractivity contribution in [1.29, 1.82) is 0 Å². The lowest BCUT2D eigenvalue weighted by Gasteiger charge is -2.26. The lowest BCUT2D eigenvalue weighted by Crippen LogP contribution is -2.41. The molecule has 0 spiro atoms. The zero-order chi connectivity index (χ0) is 21.3. The van der Waals surface area contributed by atoms with Gasteiger partial charge in [-0.25, -0.2) is 36.9 Å². The molecule has 30 heavy (non-hydrogen) atoms. The molecule has 0 amide bonds. The van der Waals surface area contributed by atoms with E-state index < -0.39 is 27.6 Å². The van der Waals surface area contributed by atoms with Gasteiger partial charge in [0.15, 0.2) is 0 Å². The topological polar surface area (TPSA) is 96.3 Å². The van der Waals surface area contributed by atoms with Gasteiger partial charge in [-0.1, -0.05) is 25.1 Å². The van der Waals surface area contributed by atoms with Gasteiger partial charge in [-0.3, -0.25) is 0 Å². The Morgan fingerprint density at radius 2 is 1.90 bits per heavy atom. The van der Waals surface area contributed by atoms with Crippen LogP contribution >= 0.6 is 0 Å². The molecule has 2 aromatic carbocycles. The van der Waals surface area contributed by atoms with Gasteiger partial charge in [0.25, 0.3) is 10.0 Å². The first-order valence-electron chi connectivity index (χ1n) is 9.03. The number of nitrogens with zero attached hydrogens (tertiary/aromatic N) is 3. The molecule has 10 heteroatoms. The quantitative estimate of drug-likeness (QED) is 0.664. The van der Waals surface area contributed by atoms with Crippen molar-refractivity contribution in [2.24, 2.45) is 4.99 Å². The maximum Gasteiger partial charge on any atom is 0.266 e. The number of benzene rings is 2. The smallest absolute Gasteiger partial charge is 0.266 e. The highest BCUT2D eigenvalue weighted by atomic mass is 32.2. The Hall–Kier alpha value is -3.40. The zero-order valence-corrected chi connectivity index (χ0v) is 16.6. The second kappa shape index (κ2) is 7.79. The van der Waals surface area contributed by atoms with E-state index in [4.69, 9.17) is 0 Å². The van der Waals surface area contributed by atoms with Crippen LogP contribution in [0.1, 0.15) is 29.7 Å². The van der Waals surface area contributed by atoms with E-state index in [0.717, 1.165) is 6.07 Å². The van der Waals surface area contributed by atoms with E-state index in [2.05, 4.69) is 25.0 Å². The predicted octanol–water partition coefficient (Wildman–Crippen LogP) is 3.17. The average Bonchev–Trinajstić information content (AvgIpc) is 2.72. The molecule has 3 aromatic rings. The molecule has 7 nitrogen and oxygen atoms in total. The van der Waals surface area contributed by atoms with Crippen LogP contribution in [0.2, 0.25) is 0 Å².